The first kappa shape index (κ1) is 32.0. The van der Waals surface area contributed by atoms with Crippen molar-refractivity contribution in [3.05, 3.63) is 95.8 Å². The van der Waals surface area contributed by atoms with Gasteiger partial charge < -0.3 is 24.6 Å². The molecule has 248 valence electrons. The van der Waals surface area contributed by atoms with Crippen LogP contribution in [0.25, 0.3) is 11.5 Å². The zero-order chi connectivity index (χ0) is 33.1. The van der Waals surface area contributed by atoms with E-state index in [4.69, 9.17) is 29.3 Å². The summed E-state index contributed by atoms with van der Waals surface area (Å²) in [6, 6.07) is 17.0. The van der Waals surface area contributed by atoms with Crippen LogP contribution in [0.5, 0.6) is 11.5 Å². The summed E-state index contributed by atoms with van der Waals surface area (Å²) in [4.78, 5) is 15.5. The molecule has 1 aliphatic carbocycles. The predicted octanol–water partition coefficient (Wildman–Crippen LogP) is 6.79. The van der Waals surface area contributed by atoms with Gasteiger partial charge >= 0.3 is 0 Å². The summed E-state index contributed by atoms with van der Waals surface area (Å²) in [6.07, 6.45) is 7.10. The number of hydrogen-bond acceptors (Lipinski definition) is 10. The quantitative estimate of drug-likeness (QED) is 0.131. The van der Waals surface area contributed by atoms with Gasteiger partial charge in [0.1, 0.15) is 23.9 Å². The number of halogens is 1. The Morgan fingerprint density at radius 2 is 1.90 bits per heavy atom. The molecule has 0 amide bonds. The van der Waals surface area contributed by atoms with Gasteiger partial charge in [-0.3, -0.25) is 9.67 Å². The average Bonchev–Trinajstić information content (AvgIpc) is 3.86. The van der Waals surface area contributed by atoms with Gasteiger partial charge in [0.25, 0.3) is 0 Å². The summed E-state index contributed by atoms with van der Waals surface area (Å²) >= 11 is 1.51. The fourth-order valence-electron chi connectivity index (χ4n) is 5.71. The molecule has 0 radical (unpaired) electrons. The van der Waals surface area contributed by atoms with Crippen molar-refractivity contribution in [1.82, 2.24) is 24.7 Å². The van der Waals surface area contributed by atoms with Crippen molar-refractivity contribution < 1.29 is 23.7 Å². The van der Waals surface area contributed by atoms with Crippen molar-refractivity contribution in [2.45, 2.75) is 48.9 Å². The van der Waals surface area contributed by atoms with Crippen molar-refractivity contribution in [3.8, 4) is 23.0 Å². The molecule has 12 heteroatoms. The Morgan fingerprint density at radius 1 is 1.10 bits per heavy atom. The normalized spacial score (nSPS) is 15.2. The van der Waals surface area contributed by atoms with Crippen LogP contribution in [-0.4, -0.2) is 62.9 Å². The second kappa shape index (κ2) is 13.9. The molecular formula is C36H37FN6O4S. The Bertz CT molecular complexity index is 1880. The Kier molecular flexibility index (Phi) is 9.29. The Hall–Kier alpha value is -4.52. The molecule has 0 bridgehead atoms. The highest BCUT2D eigenvalue weighted by Crippen LogP contribution is 2.45. The lowest BCUT2D eigenvalue weighted by Gasteiger charge is -2.39. The fourth-order valence-corrected chi connectivity index (χ4v) is 6.72. The van der Waals surface area contributed by atoms with Crippen molar-refractivity contribution in [3.63, 3.8) is 0 Å². The second-order valence-corrected chi connectivity index (χ2v) is 13.3. The summed E-state index contributed by atoms with van der Waals surface area (Å²) in [5.74, 6) is 1.81. The van der Waals surface area contributed by atoms with Crippen molar-refractivity contribution in [2.75, 3.05) is 38.4 Å². The Morgan fingerprint density at radius 3 is 2.58 bits per heavy atom. The van der Waals surface area contributed by atoms with Crippen LogP contribution in [0.2, 0.25) is 0 Å². The molecule has 2 N–H and O–H groups in total. The lowest BCUT2D eigenvalue weighted by Crippen LogP contribution is -2.50. The molecule has 1 aliphatic heterocycles. The largest absolute Gasteiger partial charge is 0.494 e. The lowest BCUT2D eigenvalue weighted by molar-refractivity contribution is -0.153. The van der Waals surface area contributed by atoms with Crippen LogP contribution >= 0.6 is 11.8 Å². The van der Waals surface area contributed by atoms with E-state index in [1.54, 1.807) is 18.6 Å². The molecule has 1 saturated carbocycles. The molecule has 3 aromatic heterocycles. The van der Waals surface area contributed by atoms with E-state index in [0.29, 0.717) is 60.1 Å². The van der Waals surface area contributed by atoms with Gasteiger partial charge in [-0.25, -0.2) is 14.4 Å². The maximum absolute atomic E-state index is 15.9. The second-order valence-electron chi connectivity index (χ2n) is 12.2. The smallest absolute Gasteiger partial charge is 0.182 e. The highest BCUT2D eigenvalue weighted by molar-refractivity contribution is 7.99. The van der Waals surface area contributed by atoms with Crippen LogP contribution in [0.1, 0.15) is 42.5 Å². The summed E-state index contributed by atoms with van der Waals surface area (Å²) in [5, 5.41) is 18.3. The maximum Gasteiger partial charge on any atom is 0.182 e. The van der Waals surface area contributed by atoms with Gasteiger partial charge in [0.15, 0.2) is 17.4 Å². The van der Waals surface area contributed by atoms with E-state index in [2.05, 4.69) is 10.3 Å². The SMILES string of the molecule is CCOc1cc(F)c(Cn2nc(-c3ncc(OCC4(CO)COC4)c(Nc4ccncc4)n3)c(C)c2C2CC2)c(Sc2ccccc2)c1. The minimum absolute atomic E-state index is 0.0415. The number of aromatic nitrogens is 5. The van der Waals surface area contributed by atoms with Crippen molar-refractivity contribution in [2.24, 2.45) is 5.41 Å². The number of aliphatic hydroxyl groups excluding tert-OH is 1. The third kappa shape index (κ3) is 6.87. The minimum Gasteiger partial charge on any atom is -0.494 e. The molecule has 7 rings (SSSR count). The Labute approximate surface area is 282 Å². The van der Waals surface area contributed by atoms with Gasteiger partial charge in [-0.1, -0.05) is 30.0 Å². The number of nitrogens with one attached hydrogen (secondary N) is 1. The van der Waals surface area contributed by atoms with Gasteiger partial charge in [0, 0.05) is 56.7 Å². The summed E-state index contributed by atoms with van der Waals surface area (Å²) in [6.45, 7) is 5.68. The topological polar surface area (TPSA) is 116 Å². The van der Waals surface area contributed by atoms with Gasteiger partial charge in [-0.05, 0) is 57.0 Å². The van der Waals surface area contributed by atoms with Crippen molar-refractivity contribution >= 4 is 23.3 Å². The molecule has 10 nitrogen and oxygen atoms in total. The summed E-state index contributed by atoms with van der Waals surface area (Å²) in [5.41, 5.74) is 3.54. The molecule has 2 fully saturated rings. The highest BCUT2D eigenvalue weighted by Gasteiger charge is 2.39. The van der Waals surface area contributed by atoms with E-state index in [-0.39, 0.29) is 25.6 Å². The number of aliphatic hydroxyl groups is 1. The molecular weight excluding hydrogens is 631 g/mol. The van der Waals surface area contributed by atoms with Crippen molar-refractivity contribution in [1.29, 1.82) is 0 Å². The van der Waals surface area contributed by atoms with E-state index < -0.39 is 5.41 Å². The molecule has 48 heavy (non-hydrogen) atoms. The molecule has 5 aromatic rings. The van der Waals surface area contributed by atoms with Gasteiger partial charge in [0.2, 0.25) is 0 Å². The third-order valence-corrected chi connectivity index (χ3v) is 9.61. The first-order chi connectivity index (χ1) is 23.4. The third-order valence-electron chi connectivity index (χ3n) is 8.52. The van der Waals surface area contributed by atoms with E-state index in [1.165, 1.54) is 17.8 Å². The summed E-state index contributed by atoms with van der Waals surface area (Å²) in [7, 11) is 0. The zero-order valence-electron chi connectivity index (χ0n) is 26.9. The van der Waals surface area contributed by atoms with E-state index >= 15 is 4.39 Å². The first-order valence-corrected chi connectivity index (χ1v) is 16.9. The van der Waals surface area contributed by atoms with Crippen LogP contribution in [-0.2, 0) is 11.3 Å². The van der Waals surface area contributed by atoms with Gasteiger partial charge in [-0.15, -0.1) is 0 Å². The van der Waals surface area contributed by atoms with E-state index in [0.717, 1.165) is 39.6 Å². The fraction of sp³-hybridized carbons (Fsp3) is 0.333. The number of pyridine rings is 1. The van der Waals surface area contributed by atoms with Crippen LogP contribution < -0.4 is 14.8 Å². The number of nitrogens with zero attached hydrogens (tertiary/aromatic N) is 5. The standard InChI is InChI=1S/C36H37FN6O4S/c1-3-46-26-15-29(37)28(31(16-26)48-27-7-5-4-6-8-27)18-43-33(24-9-10-24)23(2)32(42-43)35-39-17-30(47-22-36(19-44)20-45-21-36)34(41-35)40-25-11-13-38-14-12-25/h4-8,11-17,24,44H,3,9-10,18-22H2,1-2H3,(H,38,39,40,41). The lowest BCUT2D eigenvalue weighted by atomic mass is 9.88. The first-order valence-electron chi connectivity index (χ1n) is 16.1. The molecule has 2 aromatic carbocycles. The average molecular weight is 669 g/mol. The van der Waals surface area contributed by atoms with Crippen LogP contribution in [0, 0.1) is 18.2 Å². The van der Waals surface area contributed by atoms with Crippen LogP contribution in [0.3, 0.4) is 0 Å². The molecule has 0 unspecified atom stereocenters. The maximum atomic E-state index is 15.9. The van der Waals surface area contributed by atoms with Crippen LogP contribution in [0.15, 0.2) is 83.0 Å². The Balaban J connectivity index is 1.25. The monoisotopic (exact) mass is 668 g/mol. The van der Waals surface area contributed by atoms with Crippen LogP contribution in [0.4, 0.5) is 15.9 Å². The van der Waals surface area contributed by atoms with Gasteiger partial charge in [0.05, 0.1) is 44.6 Å². The number of rotatable bonds is 14. The van der Waals surface area contributed by atoms with Gasteiger partial charge in [-0.2, -0.15) is 5.10 Å². The number of hydrogen-bond donors (Lipinski definition) is 2. The summed E-state index contributed by atoms with van der Waals surface area (Å²) < 4.78 is 35.0. The predicted molar refractivity (Wildman–Crippen MR) is 181 cm³/mol. The number of benzene rings is 2. The zero-order valence-corrected chi connectivity index (χ0v) is 27.7. The minimum atomic E-state index is -0.449. The van der Waals surface area contributed by atoms with E-state index in [9.17, 15) is 5.11 Å². The molecule has 0 atom stereocenters. The number of anilines is 2. The molecule has 4 heterocycles. The molecule has 1 saturated heterocycles. The van der Waals surface area contributed by atoms with E-state index in [1.807, 2.05) is 67.1 Å². The highest BCUT2D eigenvalue weighted by atomic mass is 32.2. The molecule has 0 spiro atoms. The number of ether oxygens (including phenoxy) is 3. The molecule has 2 aliphatic rings.